The van der Waals surface area contributed by atoms with Crippen molar-refractivity contribution in [1.29, 1.82) is 0 Å². The van der Waals surface area contributed by atoms with Crippen LogP contribution < -0.4 is 15.8 Å². The van der Waals surface area contributed by atoms with Gasteiger partial charge in [0.15, 0.2) is 0 Å². The van der Waals surface area contributed by atoms with Gasteiger partial charge < -0.3 is 30.7 Å². The Morgan fingerprint density at radius 2 is 1.85 bits per heavy atom. The number of anilines is 1. The minimum Gasteiger partial charge on any atom is -0.490 e. The van der Waals surface area contributed by atoms with Gasteiger partial charge in [0.1, 0.15) is 18.5 Å². The Kier molecular flexibility index (Phi) is 8.06. The minimum atomic E-state index is -1.08. The largest absolute Gasteiger partial charge is 0.490 e. The molecule has 1 amide bonds. The van der Waals surface area contributed by atoms with Crippen LogP contribution >= 0.6 is 0 Å². The topological polar surface area (TPSA) is 114 Å². The second-order valence-electron chi connectivity index (χ2n) is 5.92. The molecule has 0 heterocycles. The first-order valence-electron chi connectivity index (χ1n) is 8.81. The van der Waals surface area contributed by atoms with Gasteiger partial charge in [-0.1, -0.05) is 24.3 Å². The summed E-state index contributed by atoms with van der Waals surface area (Å²) in [4.78, 5) is 12.6. The summed E-state index contributed by atoms with van der Waals surface area (Å²) in [5.41, 5.74) is 7.07. The lowest BCUT2D eigenvalue weighted by atomic mass is 10.0. The van der Waals surface area contributed by atoms with E-state index in [4.69, 9.17) is 15.2 Å². The molecule has 7 nitrogen and oxygen atoms in total. The molecule has 0 radical (unpaired) electrons. The highest BCUT2D eigenvalue weighted by Gasteiger charge is 2.24. The van der Waals surface area contributed by atoms with Crippen LogP contribution in [0.25, 0.3) is 0 Å². The second-order valence-corrected chi connectivity index (χ2v) is 5.92. The van der Waals surface area contributed by atoms with Crippen LogP contribution in [0.5, 0.6) is 5.75 Å². The molecule has 7 heteroatoms. The SMILES string of the molecule is CCOCCOc1ccccc1C(=O)NC(CO)C(O)c1ccc(N)cc1. The van der Waals surface area contributed by atoms with Gasteiger partial charge in [0.2, 0.25) is 0 Å². The average molecular weight is 374 g/mol. The molecule has 0 aromatic heterocycles. The van der Waals surface area contributed by atoms with Crippen molar-refractivity contribution in [2.75, 3.05) is 32.2 Å². The van der Waals surface area contributed by atoms with E-state index >= 15 is 0 Å². The highest BCUT2D eigenvalue weighted by Crippen LogP contribution is 2.21. The molecule has 2 aromatic carbocycles. The van der Waals surface area contributed by atoms with E-state index in [2.05, 4.69) is 5.32 Å². The average Bonchev–Trinajstić information content (AvgIpc) is 2.69. The smallest absolute Gasteiger partial charge is 0.255 e. The van der Waals surface area contributed by atoms with Gasteiger partial charge in [-0.15, -0.1) is 0 Å². The van der Waals surface area contributed by atoms with Gasteiger partial charge in [-0.25, -0.2) is 0 Å². The van der Waals surface area contributed by atoms with Crippen molar-refractivity contribution in [3.05, 3.63) is 59.7 Å². The zero-order valence-electron chi connectivity index (χ0n) is 15.3. The molecule has 5 N–H and O–H groups in total. The molecule has 2 atom stereocenters. The number of nitrogen functional groups attached to an aromatic ring is 1. The number of para-hydroxylation sites is 1. The number of nitrogens with one attached hydrogen (secondary N) is 1. The Morgan fingerprint density at radius 1 is 1.15 bits per heavy atom. The van der Waals surface area contributed by atoms with Crippen molar-refractivity contribution in [2.24, 2.45) is 0 Å². The number of hydrogen-bond acceptors (Lipinski definition) is 6. The van der Waals surface area contributed by atoms with Crippen LogP contribution in [0.4, 0.5) is 5.69 Å². The monoisotopic (exact) mass is 374 g/mol. The van der Waals surface area contributed by atoms with E-state index in [0.717, 1.165) is 0 Å². The molecule has 0 saturated carbocycles. The fourth-order valence-corrected chi connectivity index (χ4v) is 2.53. The molecule has 0 bridgehead atoms. The zero-order chi connectivity index (χ0) is 19.6. The van der Waals surface area contributed by atoms with Gasteiger partial charge in [-0.2, -0.15) is 0 Å². The summed E-state index contributed by atoms with van der Waals surface area (Å²) in [6, 6.07) is 12.5. The molecule has 146 valence electrons. The molecule has 0 aliphatic rings. The lowest BCUT2D eigenvalue weighted by Gasteiger charge is -2.23. The number of benzene rings is 2. The van der Waals surface area contributed by atoms with Crippen LogP contribution in [0.3, 0.4) is 0 Å². The highest BCUT2D eigenvalue weighted by molar-refractivity contribution is 5.97. The molecule has 2 aromatic rings. The van der Waals surface area contributed by atoms with Crippen LogP contribution in [-0.2, 0) is 4.74 Å². The highest BCUT2D eigenvalue weighted by atomic mass is 16.5. The molecule has 2 rings (SSSR count). The molecule has 2 unspecified atom stereocenters. The lowest BCUT2D eigenvalue weighted by molar-refractivity contribution is 0.0697. The summed E-state index contributed by atoms with van der Waals surface area (Å²) in [7, 11) is 0. The van der Waals surface area contributed by atoms with Crippen molar-refractivity contribution in [3.63, 3.8) is 0 Å². The fraction of sp³-hybridized carbons (Fsp3) is 0.350. The minimum absolute atomic E-state index is 0.315. The van der Waals surface area contributed by atoms with Gasteiger partial charge in [-0.05, 0) is 36.8 Å². The Balaban J connectivity index is 2.06. The van der Waals surface area contributed by atoms with Crippen molar-refractivity contribution in [2.45, 2.75) is 19.1 Å². The van der Waals surface area contributed by atoms with Crippen LogP contribution in [0.15, 0.2) is 48.5 Å². The van der Waals surface area contributed by atoms with E-state index in [0.29, 0.717) is 42.4 Å². The molecular weight excluding hydrogens is 348 g/mol. The number of carbonyl (C=O) groups excluding carboxylic acids is 1. The quantitative estimate of drug-likeness (QED) is 0.370. The zero-order valence-corrected chi connectivity index (χ0v) is 15.3. The maximum absolute atomic E-state index is 12.6. The summed E-state index contributed by atoms with van der Waals surface area (Å²) in [5, 5.41) is 22.8. The van der Waals surface area contributed by atoms with Gasteiger partial charge in [-0.3, -0.25) is 4.79 Å². The molecule has 0 aliphatic heterocycles. The van der Waals surface area contributed by atoms with Crippen molar-refractivity contribution in [3.8, 4) is 5.75 Å². The Labute approximate surface area is 158 Å². The van der Waals surface area contributed by atoms with E-state index in [1.165, 1.54) is 0 Å². The second kappa shape index (κ2) is 10.5. The van der Waals surface area contributed by atoms with Gasteiger partial charge in [0.05, 0.1) is 24.8 Å². The summed E-state index contributed by atoms with van der Waals surface area (Å²) < 4.78 is 10.8. The van der Waals surface area contributed by atoms with E-state index < -0.39 is 24.7 Å². The third kappa shape index (κ3) is 5.96. The van der Waals surface area contributed by atoms with Crippen molar-refractivity contribution < 1.29 is 24.5 Å². The third-order valence-electron chi connectivity index (χ3n) is 3.99. The molecule has 0 spiro atoms. The fourth-order valence-electron chi connectivity index (χ4n) is 2.53. The summed E-state index contributed by atoms with van der Waals surface area (Å²) in [6.07, 6.45) is -1.08. The van der Waals surface area contributed by atoms with E-state index in [1.807, 2.05) is 6.92 Å². The number of carbonyl (C=O) groups is 1. The van der Waals surface area contributed by atoms with E-state index in [-0.39, 0.29) is 0 Å². The Bertz CT molecular complexity index is 721. The van der Waals surface area contributed by atoms with Gasteiger partial charge in [0.25, 0.3) is 5.91 Å². The standard InChI is InChI=1S/C20H26N2O5/c1-2-26-11-12-27-18-6-4-3-5-16(18)20(25)22-17(13-23)19(24)14-7-9-15(21)10-8-14/h3-10,17,19,23-24H,2,11-13,21H2,1H3,(H,22,25). The maximum atomic E-state index is 12.6. The number of nitrogens with two attached hydrogens (primary N) is 1. The molecule has 0 fully saturated rings. The van der Waals surface area contributed by atoms with E-state index in [1.54, 1.807) is 48.5 Å². The summed E-state index contributed by atoms with van der Waals surface area (Å²) in [6.45, 7) is 2.79. The predicted molar refractivity (Wildman–Crippen MR) is 103 cm³/mol. The maximum Gasteiger partial charge on any atom is 0.255 e. The van der Waals surface area contributed by atoms with Crippen molar-refractivity contribution in [1.82, 2.24) is 5.32 Å². The molecule has 0 saturated heterocycles. The van der Waals surface area contributed by atoms with Gasteiger partial charge in [0, 0.05) is 12.3 Å². The van der Waals surface area contributed by atoms with E-state index in [9.17, 15) is 15.0 Å². The van der Waals surface area contributed by atoms with Crippen molar-refractivity contribution >= 4 is 11.6 Å². The number of rotatable bonds is 10. The van der Waals surface area contributed by atoms with Gasteiger partial charge >= 0.3 is 0 Å². The first-order valence-corrected chi connectivity index (χ1v) is 8.81. The number of ether oxygens (including phenoxy) is 2. The summed E-state index contributed by atoms with van der Waals surface area (Å²) >= 11 is 0. The molecule has 27 heavy (non-hydrogen) atoms. The lowest BCUT2D eigenvalue weighted by Crippen LogP contribution is -2.42. The Morgan fingerprint density at radius 3 is 2.52 bits per heavy atom. The number of amides is 1. The Hall–Kier alpha value is -2.61. The summed E-state index contributed by atoms with van der Waals surface area (Å²) in [5.74, 6) is -0.0380. The van der Waals surface area contributed by atoms with Crippen LogP contribution in [0, 0.1) is 0 Å². The third-order valence-corrected chi connectivity index (χ3v) is 3.99. The number of aliphatic hydroxyl groups excluding tert-OH is 2. The normalized spacial score (nSPS) is 13.0. The van der Waals surface area contributed by atoms with Crippen LogP contribution in [-0.4, -0.2) is 48.6 Å². The first-order chi connectivity index (χ1) is 13.1. The predicted octanol–water partition coefficient (Wildman–Crippen LogP) is 1.51. The van der Waals surface area contributed by atoms with Crippen LogP contribution in [0.1, 0.15) is 28.9 Å². The number of hydrogen-bond donors (Lipinski definition) is 4. The number of aliphatic hydroxyl groups is 2. The molecular formula is C20H26N2O5. The first kappa shape index (κ1) is 20.7. The molecule has 0 aliphatic carbocycles. The van der Waals surface area contributed by atoms with Crippen LogP contribution in [0.2, 0.25) is 0 Å².